The van der Waals surface area contributed by atoms with Gasteiger partial charge in [-0.2, -0.15) is 0 Å². The maximum Gasteiger partial charge on any atom is 0.173 e. The maximum absolute atomic E-state index is 6.01. The summed E-state index contributed by atoms with van der Waals surface area (Å²) in [6, 6.07) is 1.23. The van der Waals surface area contributed by atoms with E-state index in [0.717, 1.165) is 13.0 Å². The lowest BCUT2D eigenvalue weighted by molar-refractivity contribution is 0.198. The Morgan fingerprint density at radius 3 is 2.25 bits per heavy atom. The molecule has 4 heteroatoms. The summed E-state index contributed by atoms with van der Waals surface area (Å²) in [6.07, 6.45) is 1.15. The molecule has 0 aliphatic rings. The molecule has 0 aromatic heterocycles. The van der Waals surface area contributed by atoms with Crippen LogP contribution in [-0.2, 0) is 8.85 Å². The van der Waals surface area contributed by atoms with Crippen molar-refractivity contribution >= 4 is 17.4 Å². The van der Waals surface area contributed by atoms with Crippen LogP contribution in [0.2, 0.25) is 32.2 Å². The average Bonchev–Trinajstić information content (AvgIpc) is 1.84. The summed E-state index contributed by atoms with van der Waals surface area (Å²) in [4.78, 5) is 0. The van der Waals surface area contributed by atoms with E-state index in [4.69, 9.17) is 8.85 Å². The van der Waals surface area contributed by atoms with Crippen molar-refractivity contribution in [1.29, 1.82) is 0 Å². The molecule has 0 spiro atoms. The van der Waals surface area contributed by atoms with Crippen molar-refractivity contribution in [3.05, 3.63) is 0 Å². The highest BCUT2D eigenvalue weighted by molar-refractivity contribution is 6.77. The summed E-state index contributed by atoms with van der Waals surface area (Å²) in [5.41, 5.74) is 0. The highest BCUT2D eigenvalue weighted by Gasteiger charge is 2.22. The van der Waals surface area contributed by atoms with E-state index >= 15 is 0 Å². The smallest absolute Gasteiger partial charge is 0.173 e. The Morgan fingerprint density at radius 2 is 1.83 bits per heavy atom. The maximum atomic E-state index is 6.01. The van der Waals surface area contributed by atoms with Crippen molar-refractivity contribution in [3.8, 4) is 0 Å². The van der Waals surface area contributed by atoms with Crippen molar-refractivity contribution < 1.29 is 8.85 Å². The number of hydrogen-bond acceptors (Lipinski definition) is 2. The van der Waals surface area contributed by atoms with E-state index in [-0.39, 0.29) is 0 Å². The molecule has 12 heavy (non-hydrogen) atoms. The summed E-state index contributed by atoms with van der Waals surface area (Å²) < 4.78 is 11.0. The molecule has 0 N–H and O–H groups in total. The van der Waals surface area contributed by atoms with Crippen molar-refractivity contribution in [2.24, 2.45) is 0 Å². The SMILES string of the molecule is COCCC[Si](C)(C)O[SiH](C)C. The molecule has 0 amide bonds. The van der Waals surface area contributed by atoms with Crippen LogP contribution < -0.4 is 0 Å². The molecule has 2 nitrogen and oxygen atoms in total. The third kappa shape index (κ3) is 7.03. The first kappa shape index (κ1) is 12.4. The molecule has 0 saturated carbocycles. The quantitative estimate of drug-likeness (QED) is 0.490. The van der Waals surface area contributed by atoms with Gasteiger partial charge in [-0.25, -0.2) is 0 Å². The van der Waals surface area contributed by atoms with E-state index in [1.54, 1.807) is 7.11 Å². The monoisotopic (exact) mass is 206 g/mol. The molecule has 0 aliphatic carbocycles. The van der Waals surface area contributed by atoms with Gasteiger partial charge in [-0.1, -0.05) is 0 Å². The van der Waals surface area contributed by atoms with E-state index < -0.39 is 17.4 Å². The van der Waals surface area contributed by atoms with Crippen molar-refractivity contribution in [1.82, 2.24) is 0 Å². The molecule has 0 bridgehead atoms. The molecule has 0 saturated heterocycles. The second-order valence-electron chi connectivity index (χ2n) is 4.02. The van der Waals surface area contributed by atoms with Crippen molar-refractivity contribution in [3.63, 3.8) is 0 Å². The standard InChI is InChI=1S/C8H22O2Si2/c1-9-7-6-8-12(4,5)10-11(2)3/h11H,6-8H2,1-5H3. The summed E-state index contributed by atoms with van der Waals surface area (Å²) in [6.45, 7) is 9.96. The first-order chi connectivity index (χ1) is 5.48. The molecule has 0 aromatic carbocycles. The predicted octanol–water partition coefficient (Wildman–Crippen LogP) is 2.23. The van der Waals surface area contributed by atoms with Crippen molar-refractivity contribution in [2.45, 2.75) is 38.7 Å². The lowest BCUT2D eigenvalue weighted by Gasteiger charge is -2.25. The summed E-state index contributed by atoms with van der Waals surface area (Å²) in [7, 11) is -0.391. The number of methoxy groups -OCH3 is 1. The zero-order valence-corrected chi connectivity index (χ0v) is 11.2. The second-order valence-corrected chi connectivity index (χ2v) is 11.1. The van der Waals surface area contributed by atoms with Gasteiger partial charge >= 0.3 is 0 Å². The zero-order chi connectivity index (χ0) is 9.61. The van der Waals surface area contributed by atoms with Crippen LogP contribution >= 0.6 is 0 Å². The van der Waals surface area contributed by atoms with E-state index in [1.807, 2.05) is 0 Å². The van der Waals surface area contributed by atoms with E-state index in [9.17, 15) is 0 Å². The molecule has 0 radical (unpaired) electrons. The van der Waals surface area contributed by atoms with Gasteiger partial charge in [0.05, 0.1) is 0 Å². The van der Waals surface area contributed by atoms with Crippen molar-refractivity contribution in [2.75, 3.05) is 13.7 Å². The van der Waals surface area contributed by atoms with Gasteiger partial charge in [-0.15, -0.1) is 0 Å². The van der Waals surface area contributed by atoms with Crippen LogP contribution in [0.15, 0.2) is 0 Å². The van der Waals surface area contributed by atoms with Gasteiger partial charge < -0.3 is 8.85 Å². The third-order valence-corrected chi connectivity index (χ3v) is 7.68. The Labute approximate surface area is 79.1 Å². The molecule has 0 unspecified atom stereocenters. The lowest BCUT2D eigenvalue weighted by atomic mass is 10.5. The molecule has 0 heterocycles. The summed E-state index contributed by atoms with van der Waals surface area (Å²) in [5.74, 6) is 0. The highest BCUT2D eigenvalue weighted by Crippen LogP contribution is 2.14. The molecule has 74 valence electrons. The predicted molar refractivity (Wildman–Crippen MR) is 58.7 cm³/mol. The van der Waals surface area contributed by atoms with Crippen LogP contribution in [0, 0.1) is 0 Å². The van der Waals surface area contributed by atoms with Gasteiger partial charge in [0, 0.05) is 13.7 Å². The first-order valence-electron chi connectivity index (χ1n) is 4.65. The first-order valence-corrected chi connectivity index (χ1v) is 10.5. The Kier molecular flexibility index (Phi) is 6.08. The van der Waals surface area contributed by atoms with Crippen LogP contribution in [0.3, 0.4) is 0 Å². The molecular weight excluding hydrogens is 184 g/mol. The van der Waals surface area contributed by atoms with Crippen LogP contribution in [0.4, 0.5) is 0 Å². The van der Waals surface area contributed by atoms with Gasteiger partial charge in [-0.05, 0) is 38.7 Å². The van der Waals surface area contributed by atoms with Gasteiger partial charge in [0.25, 0.3) is 0 Å². The number of hydrogen-bond donors (Lipinski definition) is 0. The summed E-state index contributed by atoms with van der Waals surface area (Å²) in [5, 5.41) is 0. The minimum atomic E-state index is -1.32. The third-order valence-electron chi connectivity index (χ3n) is 1.68. The fourth-order valence-electron chi connectivity index (χ4n) is 1.34. The second kappa shape index (κ2) is 5.91. The number of rotatable bonds is 6. The van der Waals surface area contributed by atoms with E-state index in [1.165, 1.54) is 6.04 Å². The van der Waals surface area contributed by atoms with Crippen LogP contribution in [0.5, 0.6) is 0 Å². The van der Waals surface area contributed by atoms with Gasteiger partial charge in [-0.3, -0.25) is 0 Å². The Morgan fingerprint density at radius 1 is 1.25 bits per heavy atom. The molecule has 0 atom stereocenters. The fourth-order valence-corrected chi connectivity index (χ4v) is 7.91. The fraction of sp³-hybridized carbons (Fsp3) is 1.00. The Bertz CT molecular complexity index is 116. The summed E-state index contributed by atoms with van der Waals surface area (Å²) >= 11 is 0. The zero-order valence-electron chi connectivity index (χ0n) is 9.02. The van der Waals surface area contributed by atoms with Crippen LogP contribution in [-0.4, -0.2) is 31.1 Å². The molecule has 0 fully saturated rings. The van der Waals surface area contributed by atoms with Crippen LogP contribution in [0.25, 0.3) is 0 Å². The van der Waals surface area contributed by atoms with E-state index in [0.29, 0.717) is 0 Å². The number of ether oxygens (including phenoxy) is 1. The van der Waals surface area contributed by atoms with E-state index in [2.05, 4.69) is 26.2 Å². The Hall–Kier alpha value is 0.354. The minimum Gasteiger partial charge on any atom is -0.458 e. The lowest BCUT2D eigenvalue weighted by Crippen LogP contribution is -2.35. The molecule has 0 aromatic rings. The van der Waals surface area contributed by atoms with Gasteiger partial charge in [0.1, 0.15) is 0 Å². The average molecular weight is 206 g/mol. The molecule has 0 rings (SSSR count). The topological polar surface area (TPSA) is 18.5 Å². The normalized spacial score (nSPS) is 12.5. The Balaban J connectivity index is 3.56. The highest BCUT2D eigenvalue weighted by atomic mass is 28.4. The molecule has 0 aliphatic heterocycles. The molecular formula is C8H22O2Si2. The minimum absolute atomic E-state index is 0.826. The largest absolute Gasteiger partial charge is 0.458 e. The van der Waals surface area contributed by atoms with Gasteiger partial charge in [0.15, 0.2) is 17.4 Å². The van der Waals surface area contributed by atoms with Crippen LogP contribution in [0.1, 0.15) is 6.42 Å². The van der Waals surface area contributed by atoms with Gasteiger partial charge in [0.2, 0.25) is 0 Å².